The van der Waals surface area contributed by atoms with Crippen LogP contribution in [-0.4, -0.2) is 31.1 Å². The molecule has 1 aromatic rings. The number of esters is 1. The Morgan fingerprint density at radius 2 is 2.12 bits per heavy atom. The molecule has 7 heteroatoms. The van der Waals surface area contributed by atoms with Crippen LogP contribution >= 0.6 is 11.6 Å². The minimum absolute atomic E-state index is 0.0206. The SMILES string of the molecule is COC(=O)C(C)(C)C1CCCN(c2cc(C)c([N+](=O)[O-])cc2Cl)C1. The van der Waals surface area contributed by atoms with Crippen molar-refractivity contribution < 1.29 is 14.5 Å². The van der Waals surface area contributed by atoms with Gasteiger partial charge < -0.3 is 9.64 Å². The third kappa shape index (κ3) is 3.48. The number of carbonyl (C=O) groups is 1. The summed E-state index contributed by atoms with van der Waals surface area (Å²) in [5.74, 6) is -0.0920. The summed E-state index contributed by atoms with van der Waals surface area (Å²) in [6, 6.07) is 3.16. The van der Waals surface area contributed by atoms with Gasteiger partial charge in [-0.05, 0) is 45.6 Å². The molecule has 0 spiro atoms. The predicted octanol–water partition coefficient (Wildman–Crippen LogP) is 3.97. The van der Waals surface area contributed by atoms with Crippen LogP contribution in [0.25, 0.3) is 0 Å². The maximum atomic E-state index is 12.1. The number of aryl methyl sites for hydroxylation is 1. The smallest absolute Gasteiger partial charge is 0.311 e. The van der Waals surface area contributed by atoms with Crippen molar-refractivity contribution >= 4 is 28.9 Å². The number of nitro benzene ring substituents is 1. The molecule has 1 saturated heterocycles. The first kappa shape index (κ1) is 18.5. The van der Waals surface area contributed by atoms with Crippen LogP contribution in [0.2, 0.25) is 5.02 Å². The number of carbonyl (C=O) groups excluding carboxylic acids is 1. The molecule has 1 atom stereocenters. The summed E-state index contributed by atoms with van der Waals surface area (Å²) in [6.07, 6.45) is 1.86. The zero-order valence-corrected chi connectivity index (χ0v) is 15.2. The van der Waals surface area contributed by atoms with Crippen molar-refractivity contribution in [2.24, 2.45) is 11.3 Å². The third-order valence-electron chi connectivity index (χ3n) is 4.96. The monoisotopic (exact) mass is 354 g/mol. The summed E-state index contributed by atoms with van der Waals surface area (Å²) >= 11 is 6.29. The Bertz CT molecular complexity index is 660. The number of halogens is 1. The van der Waals surface area contributed by atoms with E-state index in [4.69, 9.17) is 16.3 Å². The zero-order chi connectivity index (χ0) is 18.1. The minimum Gasteiger partial charge on any atom is -0.469 e. The minimum atomic E-state index is -0.588. The number of benzene rings is 1. The van der Waals surface area contributed by atoms with Crippen LogP contribution in [0.15, 0.2) is 12.1 Å². The van der Waals surface area contributed by atoms with Gasteiger partial charge >= 0.3 is 5.97 Å². The third-order valence-corrected chi connectivity index (χ3v) is 5.26. The van der Waals surface area contributed by atoms with Crippen LogP contribution in [0, 0.1) is 28.4 Å². The van der Waals surface area contributed by atoms with Gasteiger partial charge in [-0.15, -0.1) is 0 Å². The maximum Gasteiger partial charge on any atom is 0.311 e. The second-order valence-electron chi connectivity index (χ2n) is 6.85. The van der Waals surface area contributed by atoms with Crippen molar-refractivity contribution in [3.05, 3.63) is 32.8 Å². The Kier molecular flexibility index (Phi) is 5.38. The lowest BCUT2D eigenvalue weighted by atomic mass is 9.74. The maximum absolute atomic E-state index is 12.1. The van der Waals surface area contributed by atoms with Crippen molar-refractivity contribution in [3.8, 4) is 0 Å². The van der Waals surface area contributed by atoms with E-state index in [2.05, 4.69) is 4.90 Å². The van der Waals surface area contributed by atoms with Crippen molar-refractivity contribution in [2.45, 2.75) is 33.6 Å². The van der Waals surface area contributed by atoms with E-state index in [0.717, 1.165) is 25.1 Å². The van der Waals surface area contributed by atoms with Gasteiger partial charge in [-0.3, -0.25) is 14.9 Å². The number of nitrogens with zero attached hydrogens (tertiary/aromatic N) is 2. The van der Waals surface area contributed by atoms with Gasteiger partial charge in [-0.25, -0.2) is 0 Å². The fourth-order valence-corrected chi connectivity index (χ4v) is 3.59. The Morgan fingerprint density at radius 1 is 1.46 bits per heavy atom. The molecule has 24 heavy (non-hydrogen) atoms. The number of piperidine rings is 1. The predicted molar refractivity (Wildman–Crippen MR) is 93.6 cm³/mol. The van der Waals surface area contributed by atoms with Crippen molar-refractivity contribution in [2.75, 3.05) is 25.1 Å². The molecule has 1 aliphatic rings. The lowest BCUT2D eigenvalue weighted by Gasteiger charge is -2.41. The Morgan fingerprint density at radius 3 is 2.71 bits per heavy atom. The first-order chi connectivity index (χ1) is 11.2. The molecule has 2 rings (SSSR count). The fraction of sp³-hybridized carbons (Fsp3) is 0.588. The Balaban J connectivity index is 2.29. The molecule has 1 aromatic carbocycles. The average Bonchev–Trinajstić information content (AvgIpc) is 2.55. The van der Waals surface area contributed by atoms with Crippen LogP contribution in [0.1, 0.15) is 32.3 Å². The molecular formula is C17H23ClN2O4. The van der Waals surface area contributed by atoms with Crippen LogP contribution in [0.5, 0.6) is 0 Å². The molecule has 1 aliphatic heterocycles. The van der Waals surface area contributed by atoms with Gasteiger partial charge in [0.2, 0.25) is 0 Å². The van der Waals surface area contributed by atoms with Crippen LogP contribution in [0.4, 0.5) is 11.4 Å². The largest absolute Gasteiger partial charge is 0.469 e. The summed E-state index contributed by atoms with van der Waals surface area (Å²) in [4.78, 5) is 24.8. The summed E-state index contributed by atoms with van der Waals surface area (Å²) in [5.41, 5.74) is 0.793. The molecule has 0 saturated carbocycles. The van der Waals surface area contributed by atoms with Gasteiger partial charge in [0.15, 0.2) is 0 Å². The van der Waals surface area contributed by atoms with E-state index >= 15 is 0 Å². The number of hydrogen-bond donors (Lipinski definition) is 0. The average molecular weight is 355 g/mol. The van der Waals surface area contributed by atoms with Gasteiger partial charge in [0.25, 0.3) is 5.69 Å². The first-order valence-corrected chi connectivity index (χ1v) is 8.34. The highest BCUT2D eigenvalue weighted by Crippen LogP contribution is 2.39. The van der Waals surface area contributed by atoms with Gasteiger partial charge in [0, 0.05) is 24.7 Å². The van der Waals surface area contributed by atoms with E-state index in [1.54, 1.807) is 13.0 Å². The second kappa shape index (κ2) is 6.97. The number of ether oxygens (including phenoxy) is 1. The van der Waals surface area contributed by atoms with Crippen molar-refractivity contribution in [3.63, 3.8) is 0 Å². The van der Waals surface area contributed by atoms with E-state index in [1.165, 1.54) is 13.2 Å². The molecule has 0 N–H and O–H groups in total. The highest BCUT2D eigenvalue weighted by atomic mass is 35.5. The normalized spacial score (nSPS) is 18.4. The summed E-state index contributed by atoms with van der Waals surface area (Å²) in [7, 11) is 1.40. The van der Waals surface area contributed by atoms with E-state index in [1.807, 2.05) is 13.8 Å². The van der Waals surface area contributed by atoms with Gasteiger partial charge in [-0.2, -0.15) is 0 Å². The molecule has 6 nitrogen and oxygen atoms in total. The number of methoxy groups -OCH3 is 1. The number of rotatable bonds is 4. The highest BCUT2D eigenvalue weighted by Gasteiger charge is 2.40. The Labute approximate surface area is 146 Å². The van der Waals surface area contributed by atoms with Crippen molar-refractivity contribution in [1.29, 1.82) is 0 Å². The van der Waals surface area contributed by atoms with Gasteiger partial charge in [0.1, 0.15) is 0 Å². The molecule has 132 valence electrons. The summed E-state index contributed by atoms with van der Waals surface area (Å²) in [6.45, 7) is 6.98. The highest BCUT2D eigenvalue weighted by molar-refractivity contribution is 6.33. The molecule has 0 radical (unpaired) electrons. The van der Waals surface area contributed by atoms with E-state index in [0.29, 0.717) is 17.1 Å². The molecule has 1 heterocycles. The molecule has 1 unspecified atom stereocenters. The second-order valence-corrected chi connectivity index (χ2v) is 7.25. The number of hydrogen-bond acceptors (Lipinski definition) is 5. The number of anilines is 1. The van der Waals surface area contributed by atoms with Crippen LogP contribution in [-0.2, 0) is 9.53 Å². The molecule has 0 amide bonds. The fourth-order valence-electron chi connectivity index (χ4n) is 3.31. The summed E-state index contributed by atoms with van der Waals surface area (Å²) < 4.78 is 4.94. The molecular weight excluding hydrogens is 332 g/mol. The van der Waals surface area contributed by atoms with E-state index in [-0.39, 0.29) is 17.6 Å². The standard InChI is InChI=1S/C17H23ClN2O4/c1-11-8-15(13(18)9-14(11)20(22)23)19-7-5-6-12(10-19)17(2,3)16(21)24-4/h8-9,12H,5-7,10H2,1-4H3. The van der Waals surface area contributed by atoms with Gasteiger partial charge in [0.05, 0.1) is 28.2 Å². The first-order valence-electron chi connectivity index (χ1n) is 7.96. The molecule has 0 aromatic heterocycles. The quantitative estimate of drug-likeness (QED) is 0.464. The summed E-state index contributed by atoms with van der Waals surface area (Å²) in [5, 5.41) is 11.4. The van der Waals surface area contributed by atoms with Crippen molar-refractivity contribution in [1.82, 2.24) is 0 Å². The molecule has 0 bridgehead atoms. The van der Waals surface area contributed by atoms with Gasteiger partial charge in [-0.1, -0.05) is 11.6 Å². The Hall–Kier alpha value is -1.82. The lowest BCUT2D eigenvalue weighted by molar-refractivity contribution is -0.385. The van der Waals surface area contributed by atoms with E-state index in [9.17, 15) is 14.9 Å². The number of nitro groups is 1. The zero-order valence-electron chi connectivity index (χ0n) is 14.5. The van der Waals surface area contributed by atoms with Crippen LogP contribution in [0.3, 0.4) is 0 Å². The lowest BCUT2D eigenvalue weighted by Crippen LogP contribution is -2.45. The van der Waals surface area contributed by atoms with E-state index < -0.39 is 10.3 Å². The van der Waals surface area contributed by atoms with Crippen LogP contribution < -0.4 is 4.90 Å². The molecule has 1 fully saturated rings. The molecule has 0 aliphatic carbocycles. The topological polar surface area (TPSA) is 72.7 Å².